The summed E-state index contributed by atoms with van der Waals surface area (Å²) in [5.74, 6) is 1.15. The molecule has 0 aromatic heterocycles. The van der Waals surface area contributed by atoms with Gasteiger partial charge in [0.1, 0.15) is 5.82 Å². The van der Waals surface area contributed by atoms with E-state index in [9.17, 15) is 4.39 Å². The zero-order valence-electron chi connectivity index (χ0n) is 15.0. The van der Waals surface area contributed by atoms with Crippen LogP contribution in [0.15, 0.2) is 24.3 Å². The largest absolute Gasteiger partial charge is 0.490 e. The van der Waals surface area contributed by atoms with Gasteiger partial charge in [-0.1, -0.05) is 39.8 Å². The van der Waals surface area contributed by atoms with Crippen LogP contribution in [0.4, 0.5) is 4.39 Å². The van der Waals surface area contributed by atoms with Crippen molar-refractivity contribution in [2.45, 2.75) is 65.7 Å². The van der Waals surface area contributed by atoms with E-state index in [1.54, 1.807) is 0 Å². The first-order valence-corrected chi connectivity index (χ1v) is 8.91. The second kappa shape index (κ2) is 11.1. The van der Waals surface area contributed by atoms with Crippen LogP contribution in [0.5, 0.6) is 11.5 Å². The summed E-state index contributed by atoms with van der Waals surface area (Å²) < 4.78 is 26.0. The fourth-order valence-corrected chi connectivity index (χ4v) is 2.45. The van der Waals surface area contributed by atoms with Crippen LogP contribution >= 0.6 is 0 Å². The fourth-order valence-electron chi connectivity index (χ4n) is 2.45. The maximum atomic E-state index is 14.6. The molecule has 1 atom stereocenters. The number of hydrogen-bond acceptors (Lipinski definition) is 2. The SMILES string of the molecule is CC/C=C\CC(CC)c1cc(OCCC)c(OCCC)cc1F. The number of allylic oxidation sites excluding steroid dienone is 2. The van der Waals surface area contributed by atoms with Crippen LogP contribution in [0, 0.1) is 5.82 Å². The Hall–Kier alpha value is -1.51. The van der Waals surface area contributed by atoms with Crippen molar-refractivity contribution >= 4 is 0 Å². The Morgan fingerprint density at radius 3 is 2.09 bits per heavy atom. The summed E-state index contributed by atoms with van der Waals surface area (Å²) >= 11 is 0. The summed E-state index contributed by atoms with van der Waals surface area (Å²) in [5, 5.41) is 0. The molecule has 0 aliphatic carbocycles. The monoisotopic (exact) mass is 322 g/mol. The lowest BCUT2D eigenvalue weighted by Crippen LogP contribution is -2.06. The lowest BCUT2D eigenvalue weighted by molar-refractivity contribution is 0.266. The normalized spacial score (nSPS) is 12.6. The van der Waals surface area contributed by atoms with Crippen molar-refractivity contribution in [3.63, 3.8) is 0 Å². The van der Waals surface area contributed by atoms with Crippen LogP contribution in [-0.4, -0.2) is 13.2 Å². The van der Waals surface area contributed by atoms with E-state index in [-0.39, 0.29) is 11.7 Å². The first kappa shape index (κ1) is 19.5. The third-order valence-corrected chi connectivity index (χ3v) is 3.74. The van der Waals surface area contributed by atoms with Gasteiger partial charge in [0, 0.05) is 6.07 Å². The van der Waals surface area contributed by atoms with E-state index in [1.807, 2.05) is 13.0 Å². The molecule has 0 amide bonds. The van der Waals surface area contributed by atoms with Crippen molar-refractivity contribution in [2.75, 3.05) is 13.2 Å². The fraction of sp³-hybridized carbons (Fsp3) is 0.600. The van der Waals surface area contributed by atoms with Crippen LogP contribution in [-0.2, 0) is 0 Å². The van der Waals surface area contributed by atoms with Gasteiger partial charge >= 0.3 is 0 Å². The summed E-state index contributed by atoms with van der Waals surface area (Å²) in [5.41, 5.74) is 0.725. The average molecular weight is 322 g/mol. The molecule has 0 saturated heterocycles. The molecule has 0 heterocycles. The minimum absolute atomic E-state index is 0.169. The predicted molar refractivity (Wildman–Crippen MR) is 95.1 cm³/mol. The maximum absolute atomic E-state index is 14.6. The molecule has 23 heavy (non-hydrogen) atoms. The topological polar surface area (TPSA) is 18.5 Å². The molecule has 1 aromatic rings. The van der Waals surface area contributed by atoms with Crippen molar-refractivity contribution in [3.05, 3.63) is 35.7 Å². The molecule has 0 radical (unpaired) electrons. The van der Waals surface area contributed by atoms with Crippen molar-refractivity contribution < 1.29 is 13.9 Å². The van der Waals surface area contributed by atoms with Gasteiger partial charge in [0.25, 0.3) is 0 Å². The molecule has 130 valence electrons. The smallest absolute Gasteiger partial charge is 0.164 e. The molecule has 0 aliphatic rings. The van der Waals surface area contributed by atoms with E-state index in [4.69, 9.17) is 9.47 Å². The minimum atomic E-state index is -0.197. The third-order valence-electron chi connectivity index (χ3n) is 3.74. The molecule has 1 rings (SSSR count). The Morgan fingerprint density at radius 2 is 1.57 bits per heavy atom. The van der Waals surface area contributed by atoms with Gasteiger partial charge < -0.3 is 9.47 Å². The van der Waals surface area contributed by atoms with E-state index >= 15 is 0 Å². The summed E-state index contributed by atoms with van der Waals surface area (Å²) in [4.78, 5) is 0. The van der Waals surface area contributed by atoms with Gasteiger partial charge in [0.15, 0.2) is 11.5 Å². The molecule has 0 bridgehead atoms. The molecular weight excluding hydrogens is 291 g/mol. The van der Waals surface area contributed by atoms with Gasteiger partial charge in [0.2, 0.25) is 0 Å². The summed E-state index contributed by atoms with van der Waals surface area (Å²) in [7, 11) is 0. The first-order valence-electron chi connectivity index (χ1n) is 8.91. The van der Waals surface area contributed by atoms with Gasteiger partial charge in [-0.3, -0.25) is 0 Å². The first-order chi connectivity index (χ1) is 11.2. The number of benzene rings is 1. The van der Waals surface area contributed by atoms with Crippen molar-refractivity contribution in [1.82, 2.24) is 0 Å². The molecule has 0 N–H and O–H groups in total. The average Bonchev–Trinajstić information content (AvgIpc) is 2.56. The summed E-state index contributed by atoms with van der Waals surface area (Å²) in [6.07, 6.45) is 8.83. The zero-order chi connectivity index (χ0) is 17.1. The van der Waals surface area contributed by atoms with E-state index in [0.717, 1.165) is 37.7 Å². The second-order valence-electron chi connectivity index (χ2n) is 5.74. The van der Waals surface area contributed by atoms with E-state index < -0.39 is 0 Å². The van der Waals surface area contributed by atoms with Crippen molar-refractivity contribution in [2.24, 2.45) is 0 Å². The molecule has 1 aromatic carbocycles. The highest BCUT2D eigenvalue weighted by Gasteiger charge is 2.18. The molecular formula is C20H31FO2. The van der Waals surface area contributed by atoms with Gasteiger partial charge in [-0.15, -0.1) is 0 Å². The number of halogens is 1. The third kappa shape index (κ3) is 6.25. The molecule has 3 heteroatoms. The Morgan fingerprint density at radius 1 is 0.957 bits per heavy atom. The lowest BCUT2D eigenvalue weighted by atomic mass is 9.92. The highest BCUT2D eigenvalue weighted by molar-refractivity contribution is 5.45. The van der Waals surface area contributed by atoms with E-state index in [2.05, 4.69) is 32.9 Å². The quantitative estimate of drug-likeness (QED) is 0.448. The molecule has 1 unspecified atom stereocenters. The van der Waals surface area contributed by atoms with Crippen LogP contribution in [0.25, 0.3) is 0 Å². The molecule has 2 nitrogen and oxygen atoms in total. The molecule has 0 spiro atoms. The van der Waals surface area contributed by atoms with Gasteiger partial charge in [-0.25, -0.2) is 4.39 Å². The van der Waals surface area contributed by atoms with Crippen LogP contribution in [0.1, 0.15) is 71.3 Å². The van der Waals surface area contributed by atoms with Gasteiger partial charge in [0.05, 0.1) is 13.2 Å². The highest BCUT2D eigenvalue weighted by atomic mass is 19.1. The number of hydrogen-bond donors (Lipinski definition) is 0. The Kier molecular flexibility index (Phi) is 9.42. The Bertz CT molecular complexity index is 483. The highest BCUT2D eigenvalue weighted by Crippen LogP contribution is 2.36. The second-order valence-corrected chi connectivity index (χ2v) is 5.74. The van der Waals surface area contributed by atoms with Gasteiger partial charge in [-0.2, -0.15) is 0 Å². The zero-order valence-corrected chi connectivity index (χ0v) is 15.0. The number of rotatable bonds is 11. The molecule has 0 fully saturated rings. The maximum Gasteiger partial charge on any atom is 0.164 e. The molecule has 0 saturated carbocycles. The summed E-state index contributed by atoms with van der Waals surface area (Å²) in [6.45, 7) is 9.47. The predicted octanol–water partition coefficient (Wildman–Crippen LogP) is 6.25. The van der Waals surface area contributed by atoms with Gasteiger partial charge in [-0.05, 0) is 49.7 Å². The minimum Gasteiger partial charge on any atom is -0.490 e. The Labute approximate surface area is 140 Å². The van der Waals surface area contributed by atoms with Crippen molar-refractivity contribution in [1.29, 1.82) is 0 Å². The number of ether oxygens (including phenoxy) is 2. The van der Waals surface area contributed by atoms with Crippen LogP contribution in [0.2, 0.25) is 0 Å². The molecule has 0 aliphatic heterocycles. The van der Waals surface area contributed by atoms with Crippen LogP contribution in [0.3, 0.4) is 0 Å². The van der Waals surface area contributed by atoms with Crippen LogP contribution < -0.4 is 9.47 Å². The van der Waals surface area contributed by atoms with E-state index in [1.165, 1.54) is 6.07 Å². The van der Waals surface area contributed by atoms with Crippen molar-refractivity contribution in [3.8, 4) is 11.5 Å². The van der Waals surface area contributed by atoms with E-state index in [0.29, 0.717) is 24.7 Å². The summed E-state index contributed by atoms with van der Waals surface area (Å²) in [6, 6.07) is 3.33. The standard InChI is InChI=1S/C20H31FO2/c1-5-9-10-11-16(8-4)17-14-19(22-12-6-2)20(15-18(17)21)23-13-7-3/h9-10,14-16H,5-8,11-13H2,1-4H3/b10-9-. The Balaban J connectivity index is 3.07. The lowest BCUT2D eigenvalue weighted by Gasteiger charge is -2.19.